The van der Waals surface area contributed by atoms with Crippen LogP contribution in [0.2, 0.25) is 0 Å². The summed E-state index contributed by atoms with van der Waals surface area (Å²) in [6, 6.07) is 7.40. The van der Waals surface area contributed by atoms with Crippen molar-refractivity contribution >= 4 is 46.1 Å². The van der Waals surface area contributed by atoms with Crippen molar-refractivity contribution < 1.29 is 9.90 Å². The number of amides is 1. The van der Waals surface area contributed by atoms with Crippen molar-refractivity contribution in [3.05, 3.63) is 54.0 Å². The van der Waals surface area contributed by atoms with Crippen molar-refractivity contribution in [3.63, 3.8) is 0 Å². The molecule has 0 aliphatic carbocycles. The molecule has 0 saturated heterocycles. The number of hydrogen-bond acceptors (Lipinski definition) is 11. The van der Waals surface area contributed by atoms with Crippen LogP contribution in [0.25, 0.3) is 0 Å². The van der Waals surface area contributed by atoms with Gasteiger partial charge in [0.15, 0.2) is 5.16 Å². The predicted octanol–water partition coefficient (Wildman–Crippen LogP) is 2.84. The minimum absolute atomic E-state index is 0.0448. The highest BCUT2D eigenvalue weighted by atomic mass is 32.2. The lowest BCUT2D eigenvalue weighted by molar-refractivity contribution is 0.101. The van der Waals surface area contributed by atoms with Gasteiger partial charge in [0.1, 0.15) is 22.9 Å². The minimum atomic E-state index is -0.386. The smallest absolute Gasteiger partial charge is 0.277 e. The fourth-order valence-electron chi connectivity index (χ4n) is 2.44. The first-order valence-electron chi connectivity index (χ1n) is 9.00. The monoisotopic (exact) mass is 472 g/mol. The molecular weight excluding hydrogens is 456 g/mol. The predicted molar refractivity (Wildman–Crippen MR) is 116 cm³/mol. The van der Waals surface area contributed by atoms with E-state index in [0.717, 1.165) is 22.1 Å². The van der Waals surface area contributed by atoms with E-state index in [-0.39, 0.29) is 18.2 Å². The lowest BCUT2D eigenvalue weighted by Crippen LogP contribution is -2.15. The first-order chi connectivity index (χ1) is 15.1. The fraction of sp³-hybridized carbons (Fsp3) is 0.167. The van der Waals surface area contributed by atoms with E-state index in [2.05, 4.69) is 39.8 Å². The highest BCUT2D eigenvalue weighted by Crippen LogP contribution is 2.32. The molecule has 10 nitrogen and oxygen atoms in total. The topological polar surface area (TPSA) is 142 Å². The minimum Gasteiger partial charge on any atom is -0.396 e. The van der Waals surface area contributed by atoms with Crippen LogP contribution in [0.1, 0.15) is 22.0 Å². The number of aliphatic hydroxyl groups excluding tert-OH is 1. The summed E-state index contributed by atoms with van der Waals surface area (Å²) in [6.45, 7) is 1.80. The Kier molecular flexibility index (Phi) is 6.86. The van der Waals surface area contributed by atoms with Crippen LogP contribution < -0.4 is 5.32 Å². The molecule has 0 atom stereocenters. The first kappa shape index (κ1) is 21.4. The molecule has 4 rings (SSSR count). The second-order valence-corrected chi connectivity index (χ2v) is 8.93. The van der Waals surface area contributed by atoms with Gasteiger partial charge >= 0.3 is 0 Å². The van der Waals surface area contributed by atoms with Crippen molar-refractivity contribution in [1.29, 1.82) is 0 Å². The molecule has 3 N–H and O–H groups in total. The Labute approximate surface area is 189 Å². The number of rotatable bonds is 8. The third-order valence-corrected chi connectivity index (χ3v) is 6.36. The van der Waals surface area contributed by atoms with Gasteiger partial charge in [-0.2, -0.15) is 9.47 Å². The summed E-state index contributed by atoms with van der Waals surface area (Å²) >= 11 is 3.75. The van der Waals surface area contributed by atoms with E-state index in [9.17, 15) is 4.79 Å². The summed E-state index contributed by atoms with van der Waals surface area (Å²) in [5.74, 6) is 0.204. The number of nitrogens with one attached hydrogen (secondary N) is 2. The van der Waals surface area contributed by atoms with E-state index in [1.807, 2.05) is 24.3 Å². The number of nitrogens with zero attached hydrogens (tertiary/aromatic N) is 6. The molecule has 4 aromatic heterocycles. The molecule has 13 heteroatoms. The van der Waals surface area contributed by atoms with Gasteiger partial charge in [-0.1, -0.05) is 11.8 Å². The molecule has 4 heterocycles. The lowest BCUT2D eigenvalue weighted by atomic mass is 10.3. The Morgan fingerprint density at radius 3 is 2.77 bits per heavy atom. The molecule has 0 saturated carbocycles. The zero-order valence-electron chi connectivity index (χ0n) is 16.1. The van der Waals surface area contributed by atoms with Gasteiger partial charge < -0.3 is 5.11 Å². The van der Waals surface area contributed by atoms with Gasteiger partial charge in [0.05, 0.1) is 0 Å². The maximum absolute atomic E-state index is 13.0. The maximum atomic E-state index is 13.0. The van der Waals surface area contributed by atoms with Crippen LogP contribution in [0.5, 0.6) is 0 Å². The largest absolute Gasteiger partial charge is 0.396 e. The molecule has 31 heavy (non-hydrogen) atoms. The van der Waals surface area contributed by atoms with Gasteiger partial charge in [-0.15, -0.1) is 0 Å². The molecule has 4 aromatic rings. The van der Waals surface area contributed by atoms with Crippen LogP contribution in [0.4, 0.5) is 5.13 Å². The van der Waals surface area contributed by atoms with E-state index in [0.29, 0.717) is 32.5 Å². The third kappa shape index (κ3) is 5.64. The molecule has 0 bridgehead atoms. The number of anilines is 1. The number of aromatic amines is 1. The standard InChI is InChI=1S/C18H16N8O2S3/c1-10-22-18(31-26-10)24-16(28)15-13(29-12-3-2-11(6-7-27)19-8-12)4-5-14(23-15)30-17-20-9-21-25-17/h2-5,8-9,27H,6-7H2,1H3,(H,20,21,25)(H,22,24,26,28). The van der Waals surface area contributed by atoms with Crippen LogP contribution >= 0.6 is 35.1 Å². The van der Waals surface area contributed by atoms with E-state index in [1.54, 1.807) is 13.1 Å². The van der Waals surface area contributed by atoms with Crippen molar-refractivity contribution in [2.75, 3.05) is 11.9 Å². The van der Waals surface area contributed by atoms with Crippen LogP contribution in [0, 0.1) is 6.92 Å². The average molecular weight is 473 g/mol. The quantitative estimate of drug-likeness (QED) is 0.350. The zero-order valence-corrected chi connectivity index (χ0v) is 18.6. The summed E-state index contributed by atoms with van der Waals surface area (Å²) in [7, 11) is 0. The zero-order chi connectivity index (χ0) is 21.6. The molecule has 0 spiro atoms. The Morgan fingerprint density at radius 2 is 2.10 bits per heavy atom. The molecule has 0 radical (unpaired) electrons. The molecule has 0 fully saturated rings. The summed E-state index contributed by atoms with van der Waals surface area (Å²) < 4.78 is 4.09. The van der Waals surface area contributed by atoms with Crippen molar-refractivity contribution in [1.82, 2.24) is 34.5 Å². The summed E-state index contributed by atoms with van der Waals surface area (Å²) in [5.41, 5.74) is 1.05. The normalized spacial score (nSPS) is 10.9. The van der Waals surface area contributed by atoms with E-state index in [4.69, 9.17) is 5.11 Å². The third-order valence-electron chi connectivity index (χ3n) is 3.78. The fourth-order valence-corrected chi connectivity index (χ4v) is 4.54. The number of aryl methyl sites for hydroxylation is 1. The molecule has 1 amide bonds. The van der Waals surface area contributed by atoms with Crippen LogP contribution in [-0.2, 0) is 6.42 Å². The maximum Gasteiger partial charge on any atom is 0.277 e. The molecule has 158 valence electrons. The van der Waals surface area contributed by atoms with Gasteiger partial charge in [-0.05, 0) is 43.0 Å². The molecule has 0 aromatic carbocycles. The SMILES string of the molecule is Cc1nsc(NC(=O)c2nc(Sc3ncn[nH]3)ccc2Sc2ccc(CCO)nc2)n1. The second kappa shape index (κ2) is 9.96. The molecular formula is C18H16N8O2S3. The number of aliphatic hydroxyl groups is 1. The molecule has 0 aliphatic heterocycles. The Morgan fingerprint density at radius 1 is 1.19 bits per heavy atom. The Bertz CT molecular complexity index is 1170. The average Bonchev–Trinajstić information content (AvgIpc) is 3.42. The van der Waals surface area contributed by atoms with Gasteiger partial charge in [0, 0.05) is 46.2 Å². The number of hydrogen-bond donors (Lipinski definition) is 3. The van der Waals surface area contributed by atoms with Gasteiger partial charge in [-0.25, -0.2) is 15.0 Å². The second-order valence-electron chi connectivity index (χ2n) is 6.05. The lowest BCUT2D eigenvalue weighted by Gasteiger charge is -2.10. The van der Waals surface area contributed by atoms with Crippen molar-refractivity contribution in [2.24, 2.45) is 0 Å². The Balaban J connectivity index is 1.61. The number of carbonyl (C=O) groups is 1. The van der Waals surface area contributed by atoms with E-state index < -0.39 is 0 Å². The van der Waals surface area contributed by atoms with Crippen LogP contribution in [0.15, 0.2) is 56.8 Å². The van der Waals surface area contributed by atoms with Gasteiger partial charge in [0.2, 0.25) is 5.13 Å². The first-order valence-corrected chi connectivity index (χ1v) is 11.4. The number of aromatic nitrogens is 7. The number of carbonyl (C=O) groups excluding carboxylic acids is 1. The summed E-state index contributed by atoms with van der Waals surface area (Å²) in [4.78, 5) is 31.6. The Hall–Kier alpha value is -2.87. The van der Waals surface area contributed by atoms with Crippen LogP contribution in [0.3, 0.4) is 0 Å². The summed E-state index contributed by atoms with van der Waals surface area (Å²) in [6.07, 6.45) is 3.61. The van der Waals surface area contributed by atoms with Gasteiger partial charge in [0.25, 0.3) is 5.91 Å². The highest BCUT2D eigenvalue weighted by Gasteiger charge is 2.18. The van der Waals surface area contributed by atoms with Gasteiger partial charge in [-0.3, -0.25) is 20.2 Å². The van der Waals surface area contributed by atoms with Crippen molar-refractivity contribution in [2.45, 2.75) is 33.3 Å². The summed E-state index contributed by atoms with van der Waals surface area (Å²) in [5, 5.41) is 20.0. The van der Waals surface area contributed by atoms with Crippen LogP contribution in [-0.4, -0.2) is 52.1 Å². The van der Waals surface area contributed by atoms with E-state index >= 15 is 0 Å². The number of H-pyrrole nitrogens is 1. The van der Waals surface area contributed by atoms with Crippen molar-refractivity contribution in [3.8, 4) is 0 Å². The highest BCUT2D eigenvalue weighted by molar-refractivity contribution is 7.99. The van der Waals surface area contributed by atoms with E-state index in [1.165, 1.54) is 29.9 Å². The molecule has 0 unspecified atom stereocenters. The molecule has 0 aliphatic rings. The number of pyridine rings is 2.